The molecule has 0 aliphatic carbocycles. The maximum absolute atomic E-state index is 4.85. The topological polar surface area (TPSA) is 47.0 Å². The van der Waals surface area contributed by atoms with Crippen molar-refractivity contribution in [2.75, 3.05) is 19.0 Å². The molecule has 0 aliphatic rings. The molecule has 0 saturated heterocycles. The number of hydrogen-bond acceptors (Lipinski definition) is 5. The lowest BCUT2D eigenvalue weighted by molar-refractivity contribution is 0.386. The van der Waals surface area contributed by atoms with Crippen molar-refractivity contribution in [3.63, 3.8) is 0 Å². The second kappa shape index (κ2) is 4.25. The lowest BCUT2D eigenvalue weighted by Gasteiger charge is -2.03. The molecule has 1 rings (SSSR count). The fourth-order valence-corrected chi connectivity index (χ4v) is 1.20. The molecule has 5 heteroatoms. The molecular formula is C7H13N3OS. The number of nitrogens with zero attached hydrogens (tertiary/aromatic N) is 2. The number of nitrogens with one attached hydrogen (secondary N) is 1. The quantitative estimate of drug-likeness (QED) is 0.778. The molecule has 0 aliphatic heterocycles. The van der Waals surface area contributed by atoms with Gasteiger partial charge in [-0.2, -0.15) is 4.98 Å². The summed E-state index contributed by atoms with van der Waals surface area (Å²) in [5.41, 5.74) is 0. The van der Waals surface area contributed by atoms with Crippen LogP contribution in [0.15, 0.2) is 0 Å². The van der Waals surface area contributed by atoms with Gasteiger partial charge in [-0.05, 0) is 5.92 Å². The first-order chi connectivity index (χ1) is 5.72. The summed E-state index contributed by atoms with van der Waals surface area (Å²) in [5.74, 6) is 0.611. The zero-order chi connectivity index (χ0) is 8.97. The van der Waals surface area contributed by atoms with Gasteiger partial charge in [0.15, 0.2) is 0 Å². The summed E-state index contributed by atoms with van der Waals surface area (Å²) in [6, 6.07) is 0.436. The van der Waals surface area contributed by atoms with Crippen molar-refractivity contribution in [3.8, 4) is 6.01 Å². The predicted octanol–water partition coefficient (Wildman–Crippen LogP) is 1.61. The van der Waals surface area contributed by atoms with Crippen LogP contribution in [0, 0.1) is 5.92 Å². The van der Waals surface area contributed by atoms with E-state index < -0.39 is 0 Å². The maximum Gasteiger partial charge on any atom is 0.329 e. The molecule has 1 N–H and O–H groups in total. The summed E-state index contributed by atoms with van der Waals surface area (Å²) >= 11 is 1.32. The van der Waals surface area contributed by atoms with Crippen LogP contribution in [0.2, 0.25) is 0 Å². The Morgan fingerprint density at radius 1 is 1.58 bits per heavy atom. The van der Waals surface area contributed by atoms with Gasteiger partial charge in [0.1, 0.15) is 0 Å². The van der Waals surface area contributed by atoms with E-state index in [9.17, 15) is 0 Å². The SMILES string of the molecule is COc1nsc(NCC(C)C)n1. The van der Waals surface area contributed by atoms with Crippen LogP contribution in [0.25, 0.3) is 0 Å². The molecule has 0 bridgehead atoms. The summed E-state index contributed by atoms with van der Waals surface area (Å²) in [7, 11) is 1.56. The summed E-state index contributed by atoms with van der Waals surface area (Å²) in [6.07, 6.45) is 0. The Bertz CT molecular complexity index is 236. The summed E-state index contributed by atoms with van der Waals surface area (Å²) in [5, 5.41) is 3.98. The van der Waals surface area contributed by atoms with E-state index >= 15 is 0 Å². The van der Waals surface area contributed by atoms with Gasteiger partial charge in [-0.25, -0.2) is 0 Å². The third kappa shape index (κ3) is 2.65. The van der Waals surface area contributed by atoms with Crippen LogP contribution in [0.5, 0.6) is 6.01 Å². The third-order valence-corrected chi connectivity index (χ3v) is 1.91. The van der Waals surface area contributed by atoms with Gasteiger partial charge in [0.25, 0.3) is 0 Å². The Morgan fingerprint density at radius 2 is 2.33 bits per heavy atom. The number of hydrogen-bond donors (Lipinski definition) is 1. The van der Waals surface area contributed by atoms with Gasteiger partial charge in [0.2, 0.25) is 5.13 Å². The van der Waals surface area contributed by atoms with Crippen molar-refractivity contribution >= 4 is 16.7 Å². The molecule has 68 valence electrons. The second-order valence-corrected chi connectivity index (χ2v) is 3.61. The largest absolute Gasteiger partial charge is 0.466 e. The van der Waals surface area contributed by atoms with E-state index in [1.807, 2.05) is 0 Å². The number of methoxy groups -OCH3 is 1. The highest BCUT2D eigenvalue weighted by Gasteiger charge is 2.02. The molecule has 0 spiro atoms. The third-order valence-electron chi connectivity index (χ3n) is 1.25. The molecular weight excluding hydrogens is 174 g/mol. The molecule has 0 saturated carbocycles. The van der Waals surface area contributed by atoms with Crippen molar-refractivity contribution in [1.82, 2.24) is 9.36 Å². The van der Waals surface area contributed by atoms with Gasteiger partial charge in [-0.3, -0.25) is 0 Å². The molecule has 0 atom stereocenters. The Kier molecular flexibility index (Phi) is 3.28. The van der Waals surface area contributed by atoms with Crippen molar-refractivity contribution in [2.24, 2.45) is 5.92 Å². The van der Waals surface area contributed by atoms with Crippen LogP contribution < -0.4 is 10.1 Å². The smallest absolute Gasteiger partial charge is 0.329 e. The van der Waals surface area contributed by atoms with Crippen LogP contribution in [0.4, 0.5) is 5.13 Å². The van der Waals surface area contributed by atoms with E-state index in [0.717, 1.165) is 11.7 Å². The first kappa shape index (κ1) is 9.25. The zero-order valence-electron chi connectivity index (χ0n) is 7.50. The molecule has 1 aromatic rings. The van der Waals surface area contributed by atoms with Crippen LogP contribution in [-0.2, 0) is 0 Å². The number of rotatable bonds is 4. The van der Waals surface area contributed by atoms with Crippen LogP contribution in [0.1, 0.15) is 13.8 Å². The van der Waals surface area contributed by atoms with Gasteiger partial charge < -0.3 is 10.1 Å². The van der Waals surface area contributed by atoms with E-state index in [1.54, 1.807) is 7.11 Å². The van der Waals surface area contributed by atoms with E-state index in [-0.39, 0.29) is 0 Å². The van der Waals surface area contributed by atoms with E-state index in [4.69, 9.17) is 4.74 Å². The Labute approximate surface area is 76.1 Å². The molecule has 0 unspecified atom stereocenters. The van der Waals surface area contributed by atoms with E-state index in [1.165, 1.54) is 11.5 Å². The van der Waals surface area contributed by atoms with Gasteiger partial charge in [-0.1, -0.05) is 13.8 Å². The molecule has 0 radical (unpaired) electrons. The van der Waals surface area contributed by atoms with E-state index in [0.29, 0.717) is 11.9 Å². The lowest BCUT2D eigenvalue weighted by Crippen LogP contribution is -2.07. The van der Waals surface area contributed by atoms with Gasteiger partial charge in [-0.15, -0.1) is 4.37 Å². The van der Waals surface area contributed by atoms with Gasteiger partial charge >= 0.3 is 6.01 Å². The minimum atomic E-state index is 0.436. The summed E-state index contributed by atoms with van der Waals surface area (Å²) in [4.78, 5) is 4.07. The Hall–Kier alpha value is -0.840. The normalized spacial score (nSPS) is 10.3. The van der Waals surface area contributed by atoms with Crippen molar-refractivity contribution < 1.29 is 4.74 Å². The van der Waals surface area contributed by atoms with E-state index in [2.05, 4.69) is 28.5 Å². The first-order valence-corrected chi connectivity index (χ1v) is 4.61. The number of aromatic nitrogens is 2. The molecule has 1 aromatic heterocycles. The average molecular weight is 187 g/mol. The molecule has 1 heterocycles. The summed E-state index contributed by atoms with van der Waals surface area (Å²) < 4.78 is 8.81. The number of anilines is 1. The minimum absolute atomic E-state index is 0.436. The molecule has 12 heavy (non-hydrogen) atoms. The van der Waals surface area contributed by atoms with Crippen LogP contribution in [0.3, 0.4) is 0 Å². The van der Waals surface area contributed by atoms with Crippen LogP contribution >= 0.6 is 11.5 Å². The standard InChI is InChI=1S/C7H13N3OS/c1-5(2)4-8-7-9-6(11-3)10-12-7/h5H,4H2,1-3H3,(H,8,9,10). The van der Waals surface area contributed by atoms with Crippen molar-refractivity contribution in [3.05, 3.63) is 0 Å². The molecule has 0 amide bonds. The average Bonchev–Trinajstić information content (AvgIpc) is 2.48. The highest BCUT2D eigenvalue weighted by Crippen LogP contribution is 2.15. The van der Waals surface area contributed by atoms with Gasteiger partial charge in [0.05, 0.1) is 7.11 Å². The number of ether oxygens (including phenoxy) is 1. The lowest BCUT2D eigenvalue weighted by atomic mass is 10.2. The first-order valence-electron chi connectivity index (χ1n) is 3.84. The van der Waals surface area contributed by atoms with Crippen molar-refractivity contribution in [1.29, 1.82) is 0 Å². The fourth-order valence-electron chi connectivity index (χ4n) is 0.656. The molecule has 0 aromatic carbocycles. The molecule has 4 nitrogen and oxygen atoms in total. The zero-order valence-corrected chi connectivity index (χ0v) is 8.31. The summed E-state index contributed by atoms with van der Waals surface area (Å²) in [6.45, 7) is 5.20. The minimum Gasteiger partial charge on any atom is -0.466 e. The monoisotopic (exact) mass is 187 g/mol. The second-order valence-electron chi connectivity index (χ2n) is 2.86. The predicted molar refractivity (Wildman–Crippen MR) is 49.8 cm³/mol. The van der Waals surface area contributed by atoms with Crippen molar-refractivity contribution in [2.45, 2.75) is 13.8 Å². The highest BCUT2D eigenvalue weighted by molar-refractivity contribution is 7.09. The fraction of sp³-hybridized carbons (Fsp3) is 0.714. The Morgan fingerprint density at radius 3 is 2.83 bits per heavy atom. The highest BCUT2D eigenvalue weighted by atomic mass is 32.1. The van der Waals surface area contributed by atoms with Crippen LogP contribution in [-0.4, -0.2) is 23.0 Å². The molecule has 0 fully saturated rings. The Balaban J connectivity index is 2.41. The maximum atomic E-state index is 4.85. The van der Waals surface area contributed by atoms with Gasteiger partial charge in [0, 0.05) is 18.1 Å².